The molecule has 19 heavy (non-hydrogen) atoms. The van der Waals surface area contributed by atoms with Gasteiger partial charge in [-0.2, -0.15) is 0 Å². The smallest absolute Gasteiger partial charge is 0.322 e. The average molecular weight is 262 g/mol. The van der Waals surface area contributed by atoms with Crippen molar-refractivity contribution in [3.05, 3.63) is 29.3 Å². The number of carboxylic acids is 1. The van der Waals surface area contributed by atoms with Crippen LogP contribution in [0.1, 0.15) is 11.1 Å². The first-order chi connectivity index (χ1) is 9.24. The summed E-state index contributed by atoms with van der Waals surface area (Å²) in [5, 5.41) is 12.4. The SMILES string of the molecule is O=C(O)C1CNCCN1Cc1ccc2c(c1)CCO2. The number of aliphatic carboxylic acids is 1. The molecule has 2 N–H and O–H groups in total. The van der Waals surface area contributed by atoms with Crippen LogP contribution in [0.2, 0.25) is 0 Å². The van der Waals surface area contributed by atoms with E-state index in [9.17, 15) is 9.90 Å². The summed E-state index contributed by atoms with van der Waals surface area (Å²) in [6, 6.07) is 5.74. The molecule has 1 atom stereocenters. The maximum atomic E-state index is 11.2. The molecule has 2 heterocycles. The highest BCUT2D eigenvalue weighted by Crippen LogP contribution is 2.26. The summed E-state index contributed by atoms with van der Waals surface area (Å²) in [5.74, 6) is 0.218. The number of nitrogens with zero attached hydrogens (tertiary/aromatic N) is 1. The van der Waals surface area contributed by atoms with Crippen molar-refractivity contribution in [3.8, 4) is 5.75 Å². The number of carbonyl (C=O) groups is 1. The van der Waals surface area contributed by atoms with Crippen molar-refractivity contribution in [2.24, 2.45) is 0 Å². The molecule has 1 unspecified atom stereocenters. The van der Waals surface area contributed by atoms with Crippen LogP contribution in [0.25, 0.3) is 0 Å². The highest BCUT2D eigenvalue weighted by Gasteiger charge is 2.28. The van der Waals surface area contributed by atoms with Gasteiger partial charge in [-0.1, -0.05) is 12.1 Å². The van der Waals surface area contributed by atoms with Crippen molar-refractivity contribution in [1.29, 1.82) is 0 Å². The number of hydrogen-bond donors (Lipinski definition) is 2. The van der Waals surface area contributed by atoms with Crippen LogP contribution in [0.3, 0.4) is 0 Å². The van der Waals surface area contributed by atoms with Gasteiger partial charge in [-0.15, -0.1) is 0 Å². The molecule has 5 nitrogen and oxygen atoms in total. The molecule has 0 saturated carbocycles. The summed E-state index contributed by atoms with van der Waals surface area (Å²) in [5.41, 5.74) is 2.40. The molecule has 2 aliphatic rings. The predicted octanol–water partition coefficient (Wildman–Crippen LogP) is 0.480. The van der Waals surface area contributed by atoms with Gasteiger partial charge >= 0.3 is 5.97 Å². The zero-order valence-corrected chi connectivity index (χ0v) is 10.8. The zero-order chi connectivity index (χ0) is 13.2. The van der Waals surface area contributed by atoms with E-state index in [2.05, 4.69) is 11.4 Å². The summed E-state index contributed by atoms with van der Waals surface area (Å²) < 4.78 is 5.49. The normalized spacial score (nSPS) is 22.8. The monoisotopic (exact) mass is 262 g/mol. The molecule has 1 saturated heterocycles. The number of piperazine rings is 1. The minimum absolute atomic E-state index is 0.432. The minimum atomic E-state index is -0.753. The maximum absolute atomic E-state index is 11.2. The van der Waals surface area contributed by atoms with Crippen LogP contribution in [-0.4, -0.2) is 48.3 Å². The number of ether oxygens (including phenoxy) is 1. The first-order valence-electron chi connectivity index (χ1n) is 6.66. The summed E-state index contributed by atoms with van der Waals surface area (Å²) in [7, 11) is 0. The third-order valence-electron chi connectivity index (χ3n) is 3.78. The van der Waals surface area contributed by atoms with Crippen molar-refractivity contribution < 1.29 is 14.6 Å². The van der Waals surface area contributed by atoms with E-state index in [0.29, 0.717) is 13.1 Å². The van der Waals surface area contributed by atoms with Gasteiger partial charge in [-0.25, -0.2) is 0 Å². The largest absolute Gasteiger partial charge is 0.493 e. The van der Waals surface area contributed by atoms with Crippen LogP contribution in [0, 0.1) is 0 Å². The van der Waals surface area contributed by atoms with Crippen molar-refractivity contribution >= 4 is 5.97 Å². The lowest BCUT2D eigenvalue weighted by Gasteiger charge is -2.33. The second-order valence-corrected chi connectivity index (χ2v) is 5.07. The van der Waals surface area contributed by atoms with Crippen LogP contribution in [-0.2, 0) is 17.8 Å². The van der Waals surface area contributed by atoms with E-state index in [1.807, 2.05) is 17.0 Å². The Morgan fingerprint density at radius 1 is 1.53 bits per heavy atom. The molecule has 0 amide bonds. The van der Waals surface area contributed by atoms with Gasteiger partial charge in [-0.05, 0) is 17.2 Å². The highest BCUT2D eigenvalue weighted by molar-refractivity contribution is 5.74. The van der Waals surface area contributed by atoms with Crippen LogP contribution < -0.4 is 10.1 Å². The molecule has 0 radical (unpaired) electrons. The van der Waals surface area contributed by atoms with Crippen molar-refractivity contribution in [3.63, 3.8) is 0 Å². The average Bonchev–Trinajstić information content (AvgIpc) is 2.86. The molecule has 0 spiro atoms. The van der Waals surface area contributed by atoms with E-state index in [1.54, 1.807) is 0 Å². The molecule has 0 bridgehead atoms. The van der Waals surface area contributed by atoms with E-state index >= 15 is 0 Å². The van der Waals surface area contributed by atoms with Gasteiger partial charge in [-0.3, -0.25) is 9.69 Å². The first kappa shape index (κ1) is 12.4. The number of benzene rings is 1. The Labute approximate surface area is 112 Å². The fraction of sp³-hybridized carbons (Fsp3) is 0.500. The second-order valence-electron chi connectivity index (χ2n) is 5.07. The van der Waals surface area contributed by atoms with Crippen LogP contribution in [0.5, 0.6) is 5.75 Å². The fourth-order valence-electron chi connectivity index (χ4n) is 2.75. The Bertz CT molecular complexity index is 490. The van der Waals surface area contributed by atoms with E-state index in [4.69, 9.17) is 4.74 Å². The molecular weight excluding hydrogens is 244 g/mol. The first-order valence-corrected chi connectivity index (χ1v) is 6.66. The van der Waals surface area contributed by atoms with Gasteiger partial charge in [0.15, 0.2) is 0 Å². The molecule has 5 heteroatoms. The molecular formula is C14H18N2O3. The van der Waals surface area contributed by atoms with Crippen LogP contribution in [0.15, 0.2) is 18.2 Å². The van der Waals surface area contributed by atoms with E-state index in [1.165, 1.54) is 5.56 Å². The van der Waals surface area contributed by atoms with Gasteiger partial charge in [0, 0.05) is 32.6 Å². The number of nitrogens with one attached hydrogen (secondary N) is 1. The molecule has 0 aliphatic carbocycles. The lowest BCUT2D eigenvalue weighted by atomic mass is 10.1. The Hall–Kier alpha value is -1.59. The summed E-state index contributed by atoms with van der Waals surface area (Å²) >= 11 is 0. The maximum Gasteiger partial charge on any atom is 0.322 e. The number of carboxylic acid groups (broad SMARTS) is 1. The third-order valence-corrected chi connectivity index (χ3v) is 3.78. The number of hydrogen-bond acceptors (Lipinski definition) is 4. The van der Waals surface area contributed by atoms with Crippen LogP contribution in [0.4, 0.5) is 0 Å². The van der Waals surface area contributed by atoms with Crippen molar-refractivity contribution in [1.82, 2.24) is 10.2 Å². The predicted molar refractivity (Wildman–Crippen MR) is 70.3 cm³/mol. The highest BCUT2D eigenvalue weighted by atomic mass is 16.5. The van der Waals surface area contributed by atoms with Gasteiger partial charge in [0.25, 0.3) is 0 Å². The molecule has 102 valence electrons. The molecule has 1 fully saturated rings. The van der Waals surface area contributed by atoms with Crippen LogP contribution >= 0.6 is 0 Å². The van der Waals surface area contributed by atoms with Gasteiger partial charge in [0.05, 0.1) is 6.61 Å². The molecule has 0 aromatic heterocycles. The molecule has 3 rings (SSSR count). The molecule has 1 aromatic carbocycles. The molecule has 1 aromatic rings. The number of fused-ring (bicyclic) bond motifs is 1. The standard InChI is InChI=1S/C14H18N2O3/c17-14(18)12-8-15-4-5-16(12)9-10-1-2-13-11(7-10)3-6-19-13/h1-2,7,12,15H,3-6,8-9H2,(H,17,18). The summed E-state index contributed by atoms with van der Waals surface area (Å²) in [6.07, 6.45) is 0.951. The van der Waals surface area contributed by atoms with E-state index < -0.39 is 12.0 Å². The summed E-state index contributed by atoms with van der Waals surface area (Å²) in [6.45, 7) is 3.57. The lowest BCUT2D eigenvalue weighted by molar-refractivity contribution is -0.144. The third kappa shape index (κ3) is 2.57. The number of rotatable bonds is 3. The quantitative estimate of drug-likeness (QED) is 0.829. The Kier molecular flexibility index (Phi) is 3.40. The van der Waals surface area contributed by atoms with Gasteiger partial charge in [0.2, 0.25) is 0 Å². The fourth-order valence-corrected chi connectivity index (χ4v) is 2.75. The van der Waals surface area contributed by atoms with Crippen molar-refractivity contribution in [2.45, 2.75) is 19.0 Å². The van der Waals surface area contributed by atoms with Gasteiger partial charge in [0.1, 0.15) is 11.8 Å². The van der Waals surface area contributed by atoms with E-state index in [0.717, 1.165) is 37.4 Å². The van der Waals surface area contributed by atoms with Gasteiger partial charge < -0.3 is 15.2 Å². The lowest BCUT2D eigenvalue weighted by Crippen LogP contribution is -2.54. The Balaban J connectivity index is 1.74. The Morgan fingerprint density at radius 2 is 2.42 bits per heavy atom. The summed E-state index contributed by atoms with van der Waals surface area (Å²) in [4.78, 5) is 13.3. The van der Waals surface area contributed by atoms with E-state index in [-0.39, 0.29) is 0 Å². The minimum Gasteiger partial charge on any atom is -0.493 e. The zero-order valence-electron chi connectivity index (χ0n) is 10.8. The molecule has 2 aliphatic heterocycles. The van der Waals surface area contributed by atoms with Crippen molar-refractivity contribution in [2.75, 3.05) is 26.2 Å². The topological polar surface area (TPSA) is 61.8 Å². The second kappa shape index (κ2) is 5.19. The Morgan fingerprint density at radius 3 is 3.26 bits per heavy atom.